The summed E-state index contributed by atoms with van der Waals surface area (Å²) in [4.78, 5) is 0. The summed E-state index contributed by atoms with van der Waals surface area (Å²) >= 11 is 7.15. The SMILES string of the molecule is [CH2]Sc1nnc(CNc2ccc(Cl)cc2)n1C. The molecular weight excluding hydrogens is 256 g/mol. The predicted octanol–water partition coefficient (Wildman–Crippen LogP) is 2.96. The van der Waals surface area contributed by atoms with Crippen molar-refractivity contribution in [2.75, 3.05) is 5.32 Å². The summed E-state index contributed by atoms with van der Waals surface area (Å²) in [5.74, 6) is 0.867. The predicted molar refractivity (Wildman–Crippen MR) is 71.0 cm³/mol. The van der Waals surface area contributed by atoms with Gasteiger partial charge in [-0.05, 0) is 24.3 Å². The van der Waals surface area contributed by atoms with Crippen LogP contribution in [0.5, 0.6) is 0 Å². The molecule has 1 heterocycles. The molecule has 17 heavy (non-hydrogen) atoms. The van der Waals surface area contributed by atoms with Gasteiger partial charge in [-0.2, -0.15) is 0 Å². The van der Waals surface area contributed by atoms with E-state index in [1.54, 1.807) is 0 Å². The van der Waals surface area contributed by atoms with Gasteiger partial charge >= 0.3 is 0 Å². The van der Waals surface area contributed by atoms with Crippen molar-refractivity contribution < 1.29 is 0 Å². The summed E-state index contributed by atoms with van der Waals surface area (Å²) in [6.07, 6.45) is 3.72. The highest BCUT2D eigenvalue weighted by molar-refractivity contribution is 8.00. The maximum Gasteiger partial charge on any atom is 0.191 e. The Kier molecular flexibility index (Phi) is 3.91. The summed E-state index contributed by atoms with van der Waals surface area (Å²) in [6, 6.07) is 7.54. The van der Waals surface area contributed by atoms with E-state index in [1.807, 2.05) is 35.9 Å². The average molecular weight is 268 g/mol. The van der Waals surface area contributed by atoms with Gasteiger partial charge in [-0.15, -0.1) is 10.2 Å². The van der Waals surface area contributed by atoms with Crippen LogP contribution in [0.4, 0.5) is 5.69 Å². The van der Waals surface area contributed by atoms with E-state index in [-0.39, 0.29) is 0 Å². The van der Waals surface area contributed by atoms with Gasteiger partial charge in [-0.25, -0.2) is 0 Å². The Morgan fingerprint density at radius 1 is 1.35 bits per heavy atom. The van der Waals surface area contributed by atoms with Crippen LogP contribution in [0.25, 0.3) is 0 Å². The first-order chi connectivity index (χ1) is 8.20. The highest BCUT2D eigenvalue weighted by atomic mass is 35.5. The zero-order valence-electron chi connectivity index (χ0n) is 9.35. The molecule has 1 N–H and O–H groups in total. The number of nitrogens with one attached hydrogen (secondary N) is 1. The minimum atomic E-state index is 0.617. The number of aromatic nitrogens is 3. The third-order valence-electron chi connectivity index (χ3n) is 2.35. The number of thioether (sulfide) groups is 1. The van der Waals surface area contributed by atoms with Crippen molar-refractivity contribution in [3.63, 3.8) is 0 Å². The lowest BCUT2D eigenvalue weighted by Crippen LogP contribution is -2.06. The van der Waals surface area contributed by atoms with Crippen molar-refractivity contribution >= 4 is 29.1 Å². The highest BCUT2D eigenvalue weighted by Crippen LogP contribution is 2.16. The highest BCUT2D eigenvalue weighted by Gasteiger charge is 2.06. The summed E-state index contributed by atoms with van der Waals surface area (Å²) in [5.41, 5.74) is 1.00. The molecule has 0 fully saturated rings. The standard InChI is InChI=1S/C11H12ClN4S/c1-16-10(14-15-11(16)17-2)7-13-9-5-3-8(12)4-6-9/h3-6,13H,2,7H2,1H3. The second-order valence-electron chi connectivity index (χ2n) is 3.46. The normalized spacial score (nSPS) is 10.5. The van der Waals surface area contributed by atoms with E-state index in [9.17, 15) is 0 Å². The fourth-order valence-corrected chi connectivity index (χ4v) is 1.90. The smallest absolute Gasteiger partial charge is 0.191 e. The molecule has 0 spiro atoms. The van der Waals surface area contributed by atoms with E-state index in [0.717, 1.165) is 21.7 Å². The largest absolute Gasteiger partial charge is 0.378 e. The number of hydrogen-bond donors (Lipinski definition) is 1. The molecule has 4 nitrogen and oxygen atoms in total. The molecule has 89 valence electrons. The van der Waals surface area contributed by atoms with Gasteiger partial charge in [0, 0.05) is 24.0 Å². The molecule has 2 aromatic rings. The van der Waals surface area contributed by atoms with Crippen molar-refractivity contribution in [3.8, 4) is 0 Å². The number of halogens is 1. The minimum absolute atomic E-state index is 0.617. The van der Waals surface area contributed by atoms with Crippen molar-refractivity contribution in [1.82, 2.24) is 14.8 Å². The van der Waals surface area contributed by atoms with Gasteiger partial charge in [0.15, 0.2) is 11.0 Å². The molecule has 2 rings (SSSR count). The van der Waals surface area contributed by atoms with E-state index >= 15 is 0 Å². The van der Waals surface area contributed by atoms with Crippen LogP contribution < -0.4 is 5.32 Å². The molecule has 0 aliphatic carbocycles. The van der Waals surface area contributed by atoms with Crippen molar-refractivity contribution in [2.24, 2.45) is 7.05 Å². The van der Waals surface area contributed by atoms with Gasteiger partial charge in [-0.1, -0.05) is 23.4 Å². The van der Waals surface area contributed by atoms with Crippen molar-refractivity contribution in [3.05, 3.63) is 41.4 Å². The molecule has 1 radical (unpaired) electrons. The molecule has 0 bridgehead atoms. The molecule has 0 saturated carbocycles. The zero-order chi connectivity index (χ0) is 12.3. The quantitative estimate of drug-likeness (QED) is 0.865. The van der Waals surface area contributed by atoms with Gasteiger partial charge in [-0.3, -0.25) is 0 Å². The topological polar surface area (TPSA) is 42.7 Å². The molecule has 0 aliphatic rings. The zero-order valence-corrected chi connectivity index (χ0v) is 10.9. The Hall–Kier alpha value is -1.20. The second kappa shape index (κ2) is 5.42. The Morgan fingerprint density at radius 3 is 2.65 bits per heavy atom. The molecule has 0 saturated heterocycles. The molecule has 6 heteroatoms. The first-order valence-electron chi connectivity index (χ1n) is 5.00. The molecule has 0 aliphatic heterocycles. The fourth-order valence-electron chi connectivity index (χ4n) is 1.37. The van der Waals surface area contributed by atoms with E-state index in [4.69, 9.17) is 11.6 Å². The molecule has 1 aromatic heterocycles. The van der Waals surface area contributed by atoms with E-state index in [0.29, 0.717) is 6.54 Å². The first kappa shape index (κ1) is 12.3. The van der Waals surface area contributed by atoms with Gasteiger partial charge in [0.05, 0.1) is 6.54 Å². The Balaban J connectivity index is 2.02. The lowest BCUT2D eigenvalue weighted by atomic mass is 10.3. The molecule has 0 atom stereocenters. The molecular formula is C11H12ClN4S. The van der Waals surface area contributed by atoms with Crippen molar-refractivity contribution in [1.29, 1.82) is 0 Å². The average Bonchev–Trinajstić information content (AvgIpc) is 2.69. The van der Waals surface area contributed by atoms with Crippen LogP contribution in [0.15, 0.2) is 29.4 Å². The summed E-state index contributed by atoms with van der Waals surface area (Å²) < 4.78 is 1.92. The van der Waals surface area contributed by atoms with Crippen LogP contribution in [-0.2, 0) is 13.6 Å². The van der Waals surface area contributed by atoms with E-state index < -0.39 is 0 Å². The number of hydrogen-bond acceptors (Lipinski definition) is 4. The van der Waals surface area contributed by atoms with Crippen LogP contribution >= 0.6 is 23.4 Å². The second-order valence-corrected chi connectivity index (χ2v) is 4.55. The summed E-state index contributed by atoms with van der Waals surface area (Å²) in [5, 5.41) is 12.9. The van der Waals surface area contributed by atoms with Crippen molar-refractivity contribution in [2.45, 2.75) is 11.7 Å². The first-order valence-corrected chi connectivity index (χ1v) is 6.37. The molecule has 0 unspecified atom stereocenters. The lowest BCUT2D eigenvalue weighted by molar-refractivity contribution is 0.746. The maximum absolute atomic E-state index is 5.81. The number of benzene rings is 1. The van der Waals surface area contributed by atoms with Gasteiger partial charge in [0.25, 0.3) is 0 Å². The van der Waals surface area contributed by atoms with Crippen LogP contribution in [0, 0.1) is 6.26 Å². The third kappa shape index (κ3) is 2.92. The summed E-state index contributed by atoms with van der Waals surface area (Å²) in [6.45, 7) is 0.617. The lowest BCUT2D eigenvalue weighted by Gasteiger charge is -2.06. The molecule has 0 amide bonds. The van der Waals surface area contributed by atoms with Gasteiger partial charge in [0.1, 0.15) is 0 Å². The van der Waals surface area contributed by atoms with Gasteiger partial charge < -0.3 is 9.88 Å². The van der Waals surface area contributed by atoms with Crippen LogP contribution in [0.1, 0.15) is 5.82 Å². The Morgan fingerprint density at radius 2 is 2.06 bits per heavy atom. The number of nitrogens with zero attached hydrogens (tertiary/aromatic N) is 3. The Labute approximate surface area is 109 Å². The van der Waals surface area contributed by atoms with E-state index in [2.05, 4.69) is 21.8 Å². The monoisotopic (exact) mass is 267 g/mol. The van der Waals surface area contributed by atoms with Crippen LogP contribution in [0.2, 0.25) is 5.02 Å². The van der Waals surface area contributed by atoms with Crippen LogP contribution in [-0.4, -0.2) is 14.8 Å². The Bertz CT molecular complexity index is 495. The minimum Gasteiger partial charge on any atom is -0.378 e. The van der Waals surface area contributed by atoms with Crippen LogP contribution in [0.3, 0.4) is 0 Å². The van der Waals surface area contributed by atoms with E-state index in [1.165, 1.54) is 11.8 Å². The third-order valence-corrected chi connectivity index (χ3v) is 3.21. The molecule has 1 aromatic carbocycles. The van der Waals surface area contributed by atoms with Gasteiger partial charge in [0.2, 0.25) is 0 Å². The summed E-state index contributed by atoms with van der Waals surface area (Å²) in [7, 11) is 1.92. The fraction of sp³-hybridized carbons (Fsp3) is 0.182. The number of rotatable bonds is 4. The number of anilines is 1. The maximum atomic E-state index is 5.81.